The van der Waals surface area contributed by atoms with E-state index in [1.807, 2.05) is 92.7 Å². The molecule has 0 aliphatic carbocycles. The number of hydrogen-bond acceptors (Lipinski definition) is 3. The summed E-state index contributed by atoms with van der Waals surface area (Å²) in [6.07, 6.45) is 0. The molecule has 0 atom stereocenters. The van der Waals surface area contributed by atoms with Gasteiger partial charge in [-0.1, -0.05) is 72.8 Å². The molecule has 4 rings (SSSR count). The number of carbonyl (C=O) groups excluding carboxylic acids is 1. The Morgan fingerprint density at radius 2 is 1.55 bits per heavy atom. The van der Waals surface area contributed by atoms with Gasteiger partial charge in [-0.25, -0.2) is 9.67 Å². The Labute approximate surface area is 170 Å². The predicted octanol–water partition coefficient (Wildman–Crippen LogP) is 4.87. The van der Waals surface area contributed by atoms with Crippen molar-refractivity contribution < 1.29 is 4.79 Å². The summed E-state index contributed by atoms with van der Waals surface area (Å²) >= 11 is 0. The number of aromatic nitrogens is 3. The van der Waals surface area contributed by atoms with Crippen LogP contribution in [0.3, 0.4) is 0 Å². The minimum atomic E-state index is -0.139. The Bertz CT molecular complexity index is 1130. The monoisotopic (exact) mass is 382 g/mol. The number of carbonyl (C=O) groups is 1. The highest BCUT2D eigenvalue weighted by Gasteiger charge is 2.16. The van der Waals surface area contributed by atoms with Crippen LogP contribution >= 0.6 is 0 Å². The first-order valence-corrected chi connectivity index (χ1v) is 9.53. The second-order valence-corrected chi connectivity index (χ2v) is 7.02. The van der Waals surface area contributed by atoms with Crippen LogP contribution in [0.2, 0.25) is 0 Å². The maximum Gasteiger partial charge on any atom is 0.246 e. The Hall–Kier alpha value is -3.73. The van der Waals surface area contributed by atoms with E-state index in [1.54, 1.807) is 4.68 Å². The smallest absolute Gasteiger partial charge is 0.246 e. The summed E-state index contributed by atoms with van der Waals surface area (Å²) in [4.78, 5) is 17.5. The molecule has 1 amide bonds. The van der Waals surface area contributed by atoms with Gasteiger partial charge in [-0.3, -0.25) is 4.79 Å². The van der Waals surface area contributed by atoms with Crippen LogP contribution in [0.15, 0.2) is 78.9 Å². The molecule has 0 saturated heterocycles. The molecule has 0 saturated carbocycles. The van der Waals surface area contributed by atoms with Crippen molar-refractivity contribution in [3.63, 3.8) is 0 Å². The van der Waals surface area contributed by atoms with E-state index in [0.717, 1.165) is 27.9 Å². The van der Waals surface area contributed by atoms with Gasteiger partial charge >= 0.3 is 0 Å². The van der Waals surface area contributed by atoms with Crippen molar-refractivity contribution in [1.29, 1.82) is 0 Å². The van der Waals surface area contributed by atoms with Gasteiger partial charge in [0.05, 0.1) is 0 Å². The number of amides is 1. The van der Waals surface area contributed by atoms with Crippen LogP contribution in [0.5, 0.6) is 0 Å². The SMILES string of the molecule is Cc1ccc(C)c(NC(=O)Cn2nc(-c3ccccc3)nc2-c2ccccc2)c1. The summed E-state index contributed by atoms with van der Waals surface area (Å²) in [5, 5.41) is 7.62. The summed E-state index contributed by atoms with van der Waals surface area (Å²) in [6.45, 7) is 4.07. The Morgan fingerprint density at radius 3 is 2.24 bits per heavy atom. The van der Waals surface area contributed by atoms with E-state index < -0.39 is 0 Å². The van der Waals surface area contributed by atoms with Crippen LogP contribution in [0.1, 0.15) is 11.1 Å². The van der Waals surface area contributed by atoms with Gasteiger partial charge in [-0.05, 0) is 31.0 Å². The van der Waals surface area contributed by atoms with E-state index in [9.17, 15) is 4.79 Å². The number of nitrogens with zero attached hydrogens (tertiary/aromatic N) is 3. The van der Waals surface area contributed by atoms with Crippen molar-refractivity contribution in [1.82, 2.24) is 14.8 Å². The van der Waals surface area contributed by atoms with Crippen LogP contribution in [0.4, 0.5) is 5.69 Å². The molecule has 0 aliphatic rings. The molecular weight excluding hydrogens is 360 g/mol. The van der Waals surface area contributed by atoms with Crippen molar-refractivity contribution in [2.45, 2.75) is 20.4 Å². The predicted molar refractivity (Wildman–Crippen MR) is 115 cm³/mol. The summed E-state index contributed by atoms with van der Waals surface area (Å²) < 4.78 is 1.66. The lowest BCUT2D eigenvalue weighted by Gasteiger charge is -2.10. The van der Waals surface area contributed by atoms with E-state index in [2.05, 4.69) is 10.4 Å². The second-order valence-electron chi connectivity index (χ2n) is 7.02. The normalized spacial score (nSPS) is 10.7. The van der Waals surface area contributed by atoms with Crippen molar-refractivity contribution in [2.75, 3.05) is 5.32 Å². The van der Waals surface area contributed by atoms with E-state index in [-0.39, 0.29) is 12.5 Å². The lowest BCUT2D eigenvalue weighted by molar-refractivity contribution is -0.116. The molecule has 29 heavy (non-hydrogen) atoms. The van der Waals surface area contributed by atoms with Crippen molar-refractivity contribution >= 4 is 11.6 Å². The summed E-state index contributed by atoms with van der Waals surface area (Å²) in [5.74, 6) is 1.13. The van der Waals surface area contributed by atoms with Crippen LogP contribution in [-0.2, 0) is 11.3 Å². The van der Waals surface area contributed by atoms with Crippen LogP contribution in [0.25, 0.3) is 22.8 Å². The van der Waals surface area contributed by atoms with Crippen LogP contribution in [0, 0.1) is 13.8 Å². The Morgan fingerprint density at radius 1 is 0.897 bits per heavy atom. The summed E-state index contributed by atoms with van der Waals surface area (Å²) in [7, 11) is 0. The maximum atomic E-state index is 12.8. The fraction of sp³-hybridized carbons (Fsp3) is 0.125. The number of anilines is 1. The molecule has 0 unspecified atom stereocenters. The lowest BCUT2D eigenvalue weighted by atomic mass is 10.1. The Balaban J connectivity index is 1.66. The van der Waals surface area contributed by atoms with Crippen LogP contribution < -0.4 is 5.32 Å². The number of rotatable bonds is 5. The lowest BCUT2D eigenvalue weighted by Crippen LogP contribution is -2.20. The highest BCUT2D eigenvalue weighted by molar-refractivity contribution is 5.91. The Kier molecular flexibility index (Phi) is 5.20. The van der Waals surface area contributed by atoms with E-state index in [0.29, 0.717) is 11.6 Å². The van der Waals surface area contributed by atoms with E-state index in [4.69, 9.17) is 4.98 Å². The standard InChI is InChI=1S/C24H22N4O/c1-17-13-14-18(2)21(15-17)25-22(29)16-28-24(20-11-7-4-8-12-20)26-23(27-28)19-9-5-3-6-10-19/h3-15H,16H2,1-2H3,(H,25,29). The van der Waals surface area contributed by atoms with Crippen molar-refractivity contribution in [2.24, 2.45) is 0 Å². The van der Waals surface area contributed by atoms with Gasteiger partial charge in [0, 0.05) is 16.8 Å². The highest BCUT2D eigenvalue weighted by atomic mass is 16.2. The van der Waals surface area contributed by atoms with Gasteiger partial charge in [-0.15, -0.1) is 5.10 Å². The fourth-order valence-electron chi connectivity index (χ4n) is 3.16. The molecule has 0 bridgehead atoms. The molecular formula is C24H22N4O. The van der Waals surface area contributed by atoms with Gasteiger partial charge in [0.15, 0.2) is 11.6 Å². The first-order chi connectivity index (χ1) is 14.1. The topological polar surface area (TPSA) is 59.8 Å². The third-order valence-electron chi connectivity index (χ3n) is 4.70. The zero-order chi connectivity index (χ0) is 20.2. The van der Waals surface area contributed by atoms with Crippen molar-refractivity contribution in [3.8, 4) is 22.8 Å². The van der Waals surface area contributed by atoms with Gasteiger partial charge < -0.3 is 5.32 Å². The molecule has 5 nitrogen and oxygen atoms in total. The molecule has 1 aromatic heterocycles. The van der Waals surface area contributed by atoms with E-state index >= 15 is 0 Å². The molecule has 3 aromatic carbocycles. The van der Waals surface area contributed by atoms with Gasteiger partial charge in [0.2, 0.25) is 5.91 Å². The molecule has 5 heteroatoms. The number of nitrogens with one attached hydrogen (secondary N) is 1. The summed E-state index contributed by atoms with van der Waals surface area (Å²) in [5.41, 5.74) is 4.78. The minimum absolute atomic E-state index is 0.0808. The second kappa shape index (κ2) is 8.10. The molecule has 0 fully saturated rings. The zero-order valence-electron chi connectivity index (χ0n) is 16.5. The number of hydrogen-bond donors (Lipinski definition) is 1. The molecule has 1 N–H and O–H groups in total. The average Bonchev–Trinajstić information content (AvgIpc) is 3.15. The fourth-order valence-corrected chi connectivity index (χ4v) is 3.16. The minimum Gasteiger partial charge on any atom is -0.324 e. The zero-order valence-corrected chi connectivity index (χ0v) is 16.5. The molecule has 4 aromatic rings. The largest absolute Gasteiger partial charge is 0.324 e. The molecule has 0 spiro atoms. The summed E-state index contributed by atoms with van der Waals surface area (Å²) in [6, 6.07) is 25.6. The third kappa shape index (κ3) is 4.24. The van der Waals surface area contributed by atoms with Crippen molar-refractivity contribution in [3.05, 3.63) is 90.0 Å². The van der Waals surface area contributed by atoms with Gasteiger partial charge in [-0.2, -0.15) is 0 Å². The first kappa shape index (κ1) is 18.6. The van der Waals surface area contributed by atoms with Gasteiger partial charge in [0.1, 0.15) is 6.54 Å². The number of benzene rings is 3. The maximum absolute atomic E-state index is 12.8. The van der Waals surface area contributed by atoms with E-state index in [1.165, 1.54) is 0 Å². The average molecular weight is 382 g/mol. The van der Waals surface area contributed by atoms with Crippen LogP contribution in [-0.4, -0.2) is 20.7 Å². The molecule has 0 radical (unpaired) electrons. The van der Waals surface area contributed by atoms with Gasteiger partial charge in [0.25, 0.3) is 0 Å². The molecule has 0 aliphatic heterocycles. The first-order valence-electron chi connectivity index (χ1n) is 9.53. The highest BCUT2D eigenvalue weighted by Crippen LogP contribution is 2.23. The number of aryl methyl sites for hydroxylation is 2. The molecule has 1 heterocycles. The quantitative estimate of drug-likeness (QED) is 0.536. The third-order valence-corrected chi connectivity index (χ3v) is 4.70. The molecule has 144 valence electrons.